The topological polar surface area (TPSA) is 29.9 Å². The van der Waals surface area contributed by atoms with Crippen molar-refractivity contribution in [3.05, 3.63) is 64.7 Å². The van der Waals surface area contributed by atoms with Gasteiger partial charge in [0.05, 0.1) is 5.69 Å². The number of fused-ring (bicyclic) bond motifs is 1. The van der Waals surface area contributed by atoms with E-state index >= 15 is 0 Å². The molecule has 0 aliphatic carbocycles. The van der Waals surface area contributed by atoms with Crippen LogP contribution in [0.3, 0.4) is 0 Å². The summed E-state index contributed by atoms with van der Waals surface area (Å²) in [5.41, 5.74) is 2.60. The van der Waals surface area contributed by atoms with Crippen molar-refractivity contribution in [1.29, 1.82) is 0 Å². The molecule has 0 saturated carbocycles. The zero-order valence-electron chi connectivity index (χ0n) is 13.4. The maximum atomic E-state index is 14.4. The minimum absolute atomic E-state index is 0.308. The Hall–Kier alpha value is -2.40. The Morgan fingerprint density at radius 2 is 1.96 bits per heavy atom. The average molecular weight is 360 g/mol. The zero-order valence-corrected chi connectivity index (χ0v) is 14.2. The Morgan fingerprint density at radius 1 is 1.08 bits per heavy atom. The second kappa shape index (κ2) is 6.48. The summed E-state index contributed by atoms with van der Waals surface area (Å²) >= 11 is 6.11. The molecule has 3 nitrogen and oxygen atoms in total. The van der Waals surface area contributed by atoms with Crippen molar-refractivity contribution in [1.82, 2.24) is 9.78 Å². The summed E-state index contributed by atoms with van der Waals surface area (Å²) in [5.74, 6) is -0.360. The van der Waals surface area contributed by atoms with E-state index in [0.717, 1.165) is 48.9 Å². The van der Waals surface area contributed by atoms with Gasteiger partial charge >= 0.3 is 0 Å². The van der Waals surface area contributed by atoms with E-state index in [-0.39, 0.29) is 0 Å². The van der Waals surface area contributed by atoms with Gasteiger partial charge in [0.15, 0.2) is 0 Å². The molecule has 0 unspecified atom stereocenters. The van der Waals surface area contributed by atoms with Gasteiger partial charge in [0.25, 0.3) is 0 Å². The first-order chi connectivity index (χ1) is 12.1. The van der Waals surface area contributed by atoms with E-state index in [2.05, 4.69) is 10.4 Å². The highest BCUT2D eigenvalue weighted by atomic mass is 35.5. The van der Waals surface area contributed by atoms with E-state index in [1.807, 2.05) is 18.2 Å². The minimum Gasteiger partial charge on any atom is -0.370 e. The highest BCUT2D eigenvalue weighted by Gasteiger charge is 2.23. The van der Waals surface area contributed by atoms with Crippen LogP contribution in [0.25, 0.3) is 16.9 Å². The van der Waals surface area contributed by atoms with Crippen molar-refractivity contribution in [2.75, 3.05) is 11.9 Å². The average Bonchev–Trinajstić information content (AvgIpc) is 2.77. The molecule has 0 bridgehead atoms. The predicted molar refractivity (Wildman–Crippen MR) is 95.4 cm³/mol. The van der Waals surface area contributed by atoms with Gasteiger partial charge in [-0.1, -0.05) is 17.7 Å². The molecule has 3 aromatic rings. The first kappa shape index (κ1) is 16.1. The number of aromatic nitrogens is 2. The summed E-state index contributed by atoms with van der Waals surface area (Å²) in [6.07, 6.45) is 2.79. The van der Waals surface area contributed by atoms with Crippen molar-refractivity contribution >= 4 is 17.4 Å². The molecule has 0 fully saturated rings. The number of hydrogen-bond acceptors (Lipinski definition) is 2. The van der Waals surface area contributed by atoms with Crippen LogP contribution >= 0.6 is 11.6 Å². The first-order valence-corrected chi connectivity index (χ1v) is 8.58. The molecular formula is C19H16ClF2N3. The molecule has 6 heteroatoms. The Morgan fingerprint density at radius 3 is 2.76 bits per heavy atom. The molecule has 128 valence electrons. The number of halogens is 3. The largest absolute Gasteiger partial charge is 0.370 e. The summed E-state index contributed by atoms with van der Waals surface area (Å²) < 4.78 is 29.4. The molecule has 1 aliphatic rings. The lowest BCUT2D eigenvalue weighted by Gasteiger charge is -2.09. The van der Waals surface area contributed by atoms with E-state index < -0.39 is 11.6 Å². The van der Waals surface area contributed by atoms with Crippen LogP contribution in [0.4, 0.5) is 14.6 Å². The van der Waals surface area contributed by atoms with E-state index in [1.165, 1.54) is 12.1 Å². The van der Waals surface area contributed by atoms with Crippen LogP contribution in [0.15, 0.2) is 42.5 Å². The Kier molecular flexibility index (Phi) is 4.17. The van der Waals surface area contributed by atoms with Crippen molar-refractivity contribution in [2.24, 2.45) is 0 Å². The van der Waals surface area contributed by atoms with Gasteiger partial charge in [-0.3, -0.25) is 0 Å². The number of nitrogens with one attached hydrogen (secondary N) is 1. The third-order valence-electron chi connectivity index (χ3n) is 4.37. The van der Waals surface area contributed by atoms with Gasteiger partial charge in [0.1, 0.15) is 23.1 Å². The Balaban J connectivity index is 1.93. The summed E-state index contributed by atoms with van der Waals surface area (Å²) in [4.78, 5) is 0. The molecule has 0 radical (unpaired) electrons. The van der Waals surface area contributed by atoms with Crippen molar-refractivity contribution in [2.45, 2.75) is 19.3 Å². The standard InChI is InChI=1S/C19H16ClF2N3/c20-12-4-3-5-14(10-12)25-19-16(6-1-2-9-23-19)18(24-25)15-8-7-13(21)11-17(15)22/h3-5,7-8,10-11,23H,1-2,6,9H2. The van der Waals surface area contributed by atoms with Gasteiger partial charge in [-0.05, 0) is 49.6 Å². The molecule has 1 N–H and O–H groups in total. The monoisotopic (exact) mass is 359 g/mol. The van der Waals surface area contributed by atoms with Crippen LogP contribution in [-0.4, -0.2) is 16.3 Å². The fourth-order valence-electron chi connectivity index (χ4n) is 3.19. The van der Waals surface area contributed by atoms with Crippen LogP contribution in [0.5, 0.6) is 0 Å². The Labute approximate surface area is 149 Å². The summed E-state index contributed by atoms with van der Waals surface area (Å²) in [6, 6.07) is 10.9. The molecule has 0 amide bonds. The predicted octanol–water partition coefficient (Wildman–Crippen LogP) is 5.22. The van der Waals surface area contributed by atoms with E-state index in [9.17, 15) is 8.78 Å². The molecule has 1 aromatic heterocycles. The highest BCUT2D eigenvalue weighted by Crippen LogP contribution is 2.35. The summed E-state index contributed by atoms with van der Waals surface area (Å²) in [7, 11) is 0. The number of anilines is 1. The number of benzene rings is 2. The molecular weight excluding hydrogens is 344 g/mol. The molecule has 2 heterocycles. The van der Waals surface area contributed by atoms with Gasteiger partial charge in [0, 0.05) is 28.8 Å². The quantitative estimate of drug-likeness (QED) is 0.680. The molecule has 0 atom stereocenters. The number of nitrogens with zero attached hydrogens (tertiary/aromatic N) is 2. The molecule has 0 saturated heterocycles. The zero-order chi connectivity index (χ0) is 17.4. The lowest BCUT2D eigenvalue weighted by atomic mass is 10.0. The molecule has 2 aromatic carbocycles. The summed E-state index contributed by atoms with van der Waals surface area (Å²) in [5, 5.41) is 8.63. The fourth-order valence-corrected chi connectivity index (χ4v) is 3.38. The molecule has 0 spiro atoms. The summed E-state index contributed by atoms with van der Waals surface area (Å²) in [6.45, 7) is 0.824. The van der Waals surface area contributed by atoms with Gasteiger partial charge in [0.2, 0.25) is 0 Å². The first-order valence-electron chi connectivity index (χ1n) is 8.20. The minimum atomic E-state index is -0.609. The molecule has 25 heavy (non-hydrogen) atoms. The van der Waals surface area contributed by atoms with Crippen molar-refractivity contribution in [3.8, 4) is 16.9 Å². The maximum Gasteiger partial charge on any atom is 0.135 e. The second-order valence-electron chi connectivity index (χ2n) is 6.08. The lowest BCUT2D eigenvalue weighted by Crippen LogP contribution is -2.07. The van der Waals surface area contributed by atoms with Gasteiger partial charge < -0.3 is 5.32 Å². The SMILES string of the molecule is Fc1ccc(-c2nn(-c3cccc(Cl)c3)c3c2CCCCN3)c(F)c1. The van der Waals surface area contributed by atoms with Crippen LogP contribution in [0, 0.1) is 11.6 Å². The molecule has 1 aliphatic heterocycles. The van der Waals surface area contributed by atoms with E-state index in [0.29, 0.717) is 16.3 Å². The second-order valence-corrected chi connectivity index (χ2v) is 6.51. The van der Waals surface area contributed by atoms with E-state index in [4.69, 9.17) is 11.6 Å². The normalized spacial score (nSPS) is 13.9. The van der Waals surface area contributed by atoms with Crippen molar-refractivity contribution < 1.29 is 8.78 Å². The van der Waals surface area contributed by atoms with Gasteiger partial charge in [-0.25, -0.2) is 13.5 Å². The smallest absolute Gasteiger partial charge is 0.135 e. The third kappa shape index (κ3) is 3.00. The van der Waals surface area contributed by atoms with Crippen LogP contribution in [0.2, 0.25) is 5.02 Å². The van der Waals surface area contributed by atoms with Gasteiger partial charge in [-0.2, -0.15) is 5.10 Å². The number of rotatable bonds is 2. The molecule has 4 rings (SSSR count). The fraction of sp³-hybridized carbons (Fsp3) is 0.211. The lowest BCUT2D eigenvalue weighted by molar-refractivity contribution is 0.585. The highest BCUT2D eigenvalue weighted by molar-refractivity contribution is 6.30. The van der Waals surface area contributed by atoms with Gasteiger partial charge in [-0.15, -0.1) is 0 Å². The maximum absolute atomic E-state index is 14.4. The van der Waals surface area contributed by atoms with Crippen molar-refractivity contribution in [3.63, 3.8) is 0 Å². The Bertz CT molecular complexity index is 936. The van der Waals surface area contributed by atoms with E-state index in [1.54, 1.807) is 10.7 Å². The van der Waals surface area contributed by atoms with Crippen LogP contribution < -0.4 is 5.32 Å². The van der Waals surface area contributed by atoms with Crippen LogP contribution in [-0.2, 0) is 6.42 Å². The van der Waals surface area contributed by atoms with Crippen LogP contribution in [0.1, 0.15) is 18.4 Å². The third-order valence-corrected chi connectivity index (χ3v) is 4.60. The number of hydrogen-bond donors (Lipinski definition) is 1.